The molecular weight excluding hydrogens is 286 g/mol. The quantitative estimate of drug-likeness (QED) is 0.805. The van der Waals surface area contributed by atoms with E-state index >= 15 is 0 Å². The summed E-state index contributed by atoms with van der Waals surface area (Å²) in [4.78, 5) is 0.292. The lowest BCUT2D eigenvalue weighted by molar-refractivity contribution is -0.00770. The molecule has 2 rings (SSSR count). The third-order valence-electron chi connectivity index (χ3n) is 3.21. The molecule has 4 nitrogen and oxygen atoms in total. The second-order valence-corrected chi connectivity index (χ2v) is 7.35. The molecule has 0 bridgehead atoms. The van der Waals surface area contributed by atoms with Gasteiger partial charge in [-0.25, -0.2) is 8.42 Å². The van der Waals surface area contributed by atoms with E-state index in [1.807, 2.05) is 19.9 Å². The van der Waals surface area contributed by atoms with Crippen LogP contribution in [0.3, 0.4) is 0 Å². The van der Waals surface area contributed by atoms with E-state index < -0.39 is 15.6 Å². The van der Waals surface area contributed by atoms with Gasteiger partial charge in [-0.2, -0.15) is 4.31 Å². The van der Waals surface area contributed by atoms with E-state index in [0.29, 0.717) is 30.5 Å². The normalized spacial score (nSPS) is 20.4. The van der Waals surface area contributed by atoms with Gasteiger partial charge in [0.1, 0.15) is 0 Å². The molecule has 19 heavy (non-hydrogen) atoms. The molecule has 0 aliphatic carbocycles. The second-order valence-electron chi connectivity index (χ2n) is 5.22. The van der Waals surface area contributed by atoms with Gasteiger partial charge in [0.2, 0.25) is 10.0 Å². The number of morpholine rings is 1. The zero-order chi connectivity index (χ0) is 14.1. The van der Waals surface area contributed by atoms with Crippen molar-refractivity contribution in [1.29, 1.82) is 0 Å². The Labute approximate surface area is 119 Å². The summed E-state index contributed by atoms with van der Waals surface area (Å²) >= 11 is 5.76. The first kappa shape index (κ1) is 14.8. The van der Waals surface area contributed by atoms with Crippen molar-refractivity contribution in [1.82, 2.24) is 4.31 Å². The molecule has 1 aromatic carbocycles. The predicted molar refractivity (Wildman–Crippen MR) is 74.8 cm³/mol. The average Bonchev–Trinajstić information content (AvgIpc) is 2.38. The maximum absolute atomic E-state index is 12.7. The van der Waals surface area contributed by atoms with Crippen molar-refractivity contribution in [3.63, 3.8) is 0 Å². The summed E-state index contributed by atoms with van der Waals surface area (Å²) in [6, 6.07) is 6.78. The van der Waals surface area contributed by atoms with E-state index in [-0.39, 0.29) is 0 Å². The van der Waals surface area contributed by atoms with Gasteiger partial charge in [0, 0.05) is 12.4 Å². The molecule has 0 spiro atoms. The van der Waals surface area contributed by atoms with E-state index in [2.05, 4.69) is 0 Å². The molecule has 1 aromatic rings. The van der Waals surface area contributed by atoms with Gasteiger partial charge in [0.25, 0.3) is 0 Å². The minimum Gasteiger partial charge on any atom is -0.378 e. The highest BCUT2D eigenvalue weighted by atomic mass is 35.5. The number of hydrogen-bond donors (Lipinski definition) is 0. The smallest absolute Gasteiger partial charge is 0.243 e. The lowest BCUT2D eigenvalue weighted by Crippen LogP contribution is -2.55. The van der Waals surface area contributed by atoms with Crippen molar-refractivity contribution in [2.45, 2.75) is 30.2 Å². The fourth-order valence-electron chi connectivity index (χ4n) is 2.21. The van der Waals surface area contributed by atoms with Crippen LogP contribution < -0.4 is 0 Å². The summed E-state index contributed by atoms with van der Waals surface area (Å²) in [7, 11) is -3.51. The van der Waals surface area contributed by atoms with Crippen LogP contribution >= 0.6 is 11.6 Å². The van der Waals surface area contributed by atoms with Crippen molar-refractivity contribution < 1.29 is 13.2 Å². The van der Waals surface area contributed by atoms with Crippen LogP contribution in [-0.2, 0) is 20.6 Å². The molecule has 106 valence electrons. The summed E-state index contributed by atoms with van der Waals surface area (Å²) in [6.07, 6.45) is 0. The lowest BCUT2D eigenvalue weighted by Gasteiger charge is -2.40. The van der Waals surface area contributed by atoms with Crippen LogP contribution in [0.25, 0.3) is 0 Å². The summed E-state index contributed by atoms with van der Waals surface area (Å²) in [5, 5.41) is 0. The number of sulfonamides is 1. The number of nitrogens with zero attached hydrogens (tertiary/aromatic N) is 1. The minimum atomic E-state index is -3.51. The van der Waals surface area contributed by atoms with Gasteiger partial charge >= 0.3 is 0 Å². The fraction of sp³-hybridized carbons (Fsp3) is 0.538. The molecule has 0 saturated carbocycles. The summed E-state index contributed by atoms with van der Waals surface area (Å²) in [5.41, 5.74) is 0.266. The van der Waals surface area contributed by atoms with Gasteiger partial charge in [0.15, 0.2) is 0 Å². The van der Waals surface area contributed by atoms with E-state index in [9.17, 15) is 8.42 Å². The van der Waals surface area contributed by atoms with Crippen LogP contribution in [0.5, 0.6) is 0 Å². The van der Waals surface area contributed by atoms with Gasteiger partial charge in [-0.3, -0.25) is 0 Å². The van der Waals surface area contributed by atoms with Gasteiger partial charge < -0.3 is 4.74 Å². The lowest BCUT2D eigenvalue weighted by atomic mass is 10.1. The third-order valence-corrected chi connectivity index (χ3v) is 5.63. The van der Waals surface area contributed by atoms with Crippen LogP contribution in [-0.4, -0.2) is 38.0 Å². The SMILES string of the molecule is CC1(C)COCCN1S(=O)(=O)c1cccc(CCl)c1. The van der Waals surface area contributed by atoms with Crippen LogP contribution in [0.15, 0.2) is 29.2 Å². The molecule has 1 fully saturated rings. The topological polar surface area (TPSA) is 46.6 Å². The standard InChI is InChI=1S/C13H18ClNO3S/c1-13(2)10-18-7-6-15(13)19(16,17)12-5-3-4-11(8-12)9-14/h3-5,8H,6-7,9-10H2,1-2H3. The van der Waals surface area contributed by atoms with E-state index in [0.717, 1.165) is 5.56 Å². The third kappa shape index (κ3) is 2.94. The summed E-state index contributed by atoms with van der Waals surface area (Å²) < 4.78 is 32.3. The molecule has 1 aliphatic heterocycles. The van der Waals surface area contributed by atoms with E-state index in [1.54, 1.807) is 18.2 Å². The zero-order valence-corrected chi connectivity index (χ0v) is 12.7. The monoisotopic (exact) mass is 303 g/mol. The Bertz CT molecular complexity index is 557. The average molecular weight is 304 g/mol. The van der Waals surface area contributed by atoms with E-state index in [1.165, 1.54) is 4.31 Å². The maximum Gasteiger partial charge on any atom is 0.243 e. The highest BCUT2D eigenvalue weighted by Gasteiger charge is 2.39. The first-order chi connectivity index (χ1) is 8.88. The largest absolute Gasteiger partial charge is 0.378 e. The molecule has 1 saturated heterocycles. The van der Waals surface area contributed by atoms with Crippen LogP contribution in [0, 0.1) is 0 Å². The first-order valence-corrected chi connectivity index (χ1v) is 8.11. The Morgan fingerprint density at radius 2 is 2.16 bits per heavy atom. The second kappa shape index (κ2) is 5.40. The highest BCUT2D eigenvalue weighted by Crippen LogP contribution is 2.27. The Morgan fingerprint density at radius 3 is 2.79 bits per heavy atom. The molecule has 0 aromatic heterocycles. The van der Waals surface area contributed by atoms with Crippen molar-refractivity contribution in [3.8, 4) is 0 Å². The summed E-state index contributed by atoms with van der Waals surface area (Å²) in [6.45, 7) is 4.95. The zero-order valence-electron chi connectivity index (χ0n) is 11.1. The maximum atomic E-state index is 12.7. The van der Waals surface area contributed by atoms with E-state index in [4.69, 9.17) is 16.3 Å². The Morgan fingerprint density at radius 1 is 1.42 bits per heavy atom. The van der Waals surface area contributed by atoms with Crippen LogP contribution in [0.2, 0.25) is 0 Å². The predicted octanol–water partition coefficient (Wildman–Crippen LogP) is 2.22. The van der Waals surface area contributed by atoms with Gasteiger partial charge in [0.05, 0.1) is 23.6 Å². The molecule has 1 aliphatic rings. The molecule has 6 heteroatoms. The van der Waals surface area contributed by atoms with Gasteiger partial charge in [-0.15, -0.1) is 11.6 Å². The number of rotatable bonds is 3. The Kier molecular flexibility index (Phi) is 4.20. The number of halogens is 1. The number of alkyl halides is 1. The first-order valence-electron chi connectivity index (χ1n) is 6.13. The Hall–Kier alpha value is -0.620. The summed E-state index contributed by atoms with van der Waals surface area (Å²) in [5.74, 6) is 0.301. The fourth-order valence-corrected chi connectivity index (χ4v) is 4.20. The molecule has 0 unspecified atom stereocenters. The van der Waals surface area contributed by atoms with Crippen LogP contribution in [0.4, 0.5) is 0 Å². The molecular formula is C13H18ClNO3S. The van der Waals surface area contributed by atoms with Crippen molar-refractivity contribution in [2.75, 3.05) is 19.8 Å². The van der Waals surface area contributed by atoms with Gasteiger partial charge in [-0.1, -0.05) is 12.1 Å². The van der Waals surface area contributed by atoms with Crippen LogP contribution in [0.1, 0.15) is 19.4 Å². The molecule has 0 N–H and O–H groups in total. The molecule has 0 atom stereocenters. The Balaban J connectivity index is 2.41. The number of hydrogen-bond acceptors (Lipinski definition) is 3. The van der Waals surface area contributed by atoms with Crippen molar-refractivity contribution in [3.05, 3.63) is 29.8 Å². The number of ether oxygens (including phenoxy) is 1. The van der Waals surface area contributed by atoms with Crippen molar-refractivity contribution >= 4 is 21.6 Å². The van der Waals surface area contributed by atoms with Gasteiger partial charge in [-0.05, 0) is 31.5 Å². The highest BCUT2D eigenvalue weighted by molar-refractivity contribution is 7.89. The van der Waals surface area contributed by atoms with Crippen molar-refractivity contribution in [2.24, 2.45) is 0 Å². The minimum absolute atomic E-state index is 0.292. The molecule has 1 heterocycles. The number of benzene rings is 1. The molecule has 0 radical (unpaired) electrons. The molecule has 0 amide bonds.